The summed E-state index contributed by atoms with van der Waals surface area (Å²) in [7, 11) is 0. The van der Waals surface area contributed by atoms with Crippen LogP contribution in [0.15, 0.2) is 211 Å². The molecule has 11 heteroatoms. The summed E-state index contributed by atoms with van der Waals surface area (Å²) in [5.41, 5.74) is 16.2. The molecule has 90 heavy (non-hydrogen) atoms. The van der Waals surface area contributed by atoms with Crippen LogP contribution < -0.4 is 15.2 Å². The minimum absolute atomic E-state index is 0.0880. The molecule has 0 aliphatic rings. The normalized spacial score (nSPS) is 10.7. The summed E-state index contributed by atoms with van der Waals surface area (Å²) >= 11 is 0. The molecule has 0 atom stereocenters. The number of carboxylic acid groups (broad SMARTS) is 1. The average Bonchev–Trinajstić information content (AvgIpc) is 3.76. The summed E-state index contributed by atoms with van der Waals surface area (Å²) in [4.78, 5) is 45.0. The van der Waals surface area contributed by atoms with Crippen LogP contribution in [0.1, 0.15) is 201 Å². The smallest absolute Gasteiger partial charge is 0.343 e. The number of benzene rings is 8. The highest BCUT2D eigenvalue weighted by atomic mass is 16.5. The lowest BCUT2D eigenvalue weighted by Crippen LogP contribution is -2.10. The number of ether oxygens (including phenoxy) is 2. The third-order valence-corrected chi connectivity index (χ3v) is 14.8. The van der Waals surface area contributed by atoms with Crippen molar-refractivity contribution in [2.24, 2.45) is 9.98 Å². The fourth-order valence-electron chi connectivity index (χ4n) is 9.41. The van der Waals surface area contributed by atoms with E-state index < -0.39 is 17.9 Å². The zero-order valence-corrected chi connectivity index (χ0v) is 53.1. The van der Waals surface area contributed by atoms with Gasteiger partial charge in [-0.05, 0) is 169 Å². The zero-order valence-electron chi connectivity index (χ0n) is 53.1. The second kappa shape index (κ2) is 42.5. The molecule has 0 radical (unpaired) electrons. The summed E-state index contributed by atoms with van der Waals surface area (Å²) in [6.45, 7) is 10.5. The number of aryl methyl sites for hydroxylation is 3. The van der Waals surface area contributed by atoms with Gasteiger partial charge in [-0.25, -0.2) is 14.4 Å². The maximum Gasteiger partial charge on any atom is 0.343 e. The molecule has 0 heterocycles. The maximum absolute atomic E-state index is 12.7. The van der Waals surface area contributed by atoms with E-state index in [1.54, 1.807) is 103 Å². The number of anilines is 1. The number of nitrogen functional groups attached to an aromatic ring is 1. The molecule has 5 N–H and O–H groups in total. The largest absolute Gasteiger partial charge is 0.508 e. The van der Waals surface area contributed by atoms with E-state index in [0.717, 1.165) is 46.6 Å². The molecular formula is C79H93N3O8. The van der Waals surface area contributed by atoms with Gasteiger partial charge in [-0.15, -0.1) is 0 Å². The van der Waals surface area contributed by atoms with Gasteiger partial charge in [0.2, 0.25) is 0 Å². The molecule has 0 aliphatic heterocycles. The lowest BCUT2D eigenvalue weighted by Gasteiger charge is -2.08. The molecule has 0 aromatic heterocycles. The van der Waals surface area contributed by atoms with Gasteiger partial charge in [0.15, 0.2) is 0 Å². The van der Waals surface area contributed by atoms with E-state index in [4.69, 9.17) is 30.5 Å². The Bertz CT molecular complexity index is 3360. The van der Waals surface area contributed by atoms with Crippen molar-refractivity contribution in [1.29, 1.82) is 0 Å². The predicted octanol–water partition coefficient (Wildman–Crippen LogP) is 20.7. The molecule has 0 unspecified atom stereocenters. The molecule has 8 aromatic carbocycles. The van der Waals surface area contributed by atoms with Gasteiger partial charge in [0.05, 0.1) is 28.1 Å². The Morgan fingerprint density at radius 2 is 0.744 bits per heavy atom. The predicted molar refractivity (Wildman–Crippen MR) is 372 cm³/mol. The molecule has 0 bridgehead atoms. The Morgan fingerprint density at radius 1 is 0.411 bits per heavy atom. The van der Waals surface area contributed by atoms with E-state index in [9.17, 15) is 14.4 Å². The number of aromatic hydroxyl groups is 2. The van der Waals surface area contributed by atoms with Gasteiger partial charge in [0.1, 0.15) is 23.0 Å². The van der Waals surface area contributed by atoms with E-state index in [1.807, 2.05) is 48.5 Å². The molecule has 0 fully saturated rings. The molecule has 0 aliphatic carbocycles. The van der Waals surface area contributed by atoms with Gasteiger partial charge in [-0.1, -0.05) is 215 Å². The number of esters is 2. The van der Waals surface area contributed by atoms with Crippen molar-refractivity contribution < 1.29 is 39.2 Å². The second-order valence-corrected chi connectivity index (χ2v) is 22.3. The first kappa shape index (κ1) is 71.4. The Hall–Kier alpha value is -9.35. The fourth-order valence-corrected chi connectivity index (χ4v) is 9.41. The number of rotatable bonds is 31. The molecule has 0 amide bonds. The number of aliphatic imine (C=N–C) groups is 2. The Balaban J connectivity index is 0.000000256. The van der Waals surface area contributed by atoms with Crippen molar-refractivity contribution in [3.8, 4) is 23.0 Å². The molecule has 0 spiro atoms. The zero-order chi connectivity index (χ0) is 64.4. The Morgan fingerprint density at radius 3 is 1.09 bits per heavy atom. The second-order valence-electron chi connectivity index (χ2n) is 22.3. The van der Waals surface area contributed by atoms with Gasteiger partial charge >= 0.3 is 17.9 Å². The number of carboxylic acids is 1. The highest BCUT2D eigenvalue weighted by Gasteiger charge is 2.13. The van der Waals surface area contributed by atoms with E-state index in [0.29, 0.717) is 11.1 Å². The molecule has 0 saturated carbocycles. The number of carbonyl (C=O) groups is 3. The number of phenols is 2. The summed E-state index contributed by atoms with van der Waals surface area (Å²) in [5, 5.41) is 26.2. The molecular weight excluding hydrogens is 1120 g/mol. The Labute approximate surface area is 535 Å². The number of hydrogen-bond donors (Lipinski definition) is 4. The van der Waals surface area contributed by atoms with Gasteiger partial charge in [-0.2, -0.15) is 0 Å². The maximum atomic E-state index is 12.7. The van der Waals surface area contributed by atoms with Crippen LogP contribution in [0.3, 0.4) is 0 Å². The first-order chi connectivity index (χ1) is 43.8. The van der Waals surface area contributed by atoms with Crippen LogP contribution in [-0.2, 0) is 19.3 Å². The van der Waals surface area contributed by atoms with Crippen molar-refractivity contribution >= 4 is 53.5 Å². The highest BCUT2D eigenvalue weighted by molar-refractivity contribution is 5.93. The highest BCUT2D eigenvalue weighted by Crippen LogP contribution is 2.24. The fraction of sp³-hybridized carbons (Fsp3) is 0.304. The number of phenolic OH excluding ortho intramolecular Hbond substituents is 2. The number of hydrogen-bond acceptors (Lipinski definition) is 10. The summed E-state index contributed by atoms with van der Waals surface area (Å²) < 4.78 is 11.0. The van der Waals surface area contributed by atoms with Crippen LogP contribution in [0.4, 0.5) is 17.1 Å². The van der Waals surface area contributed by atoms with Crippen LogP contribution in [0.25, 0.3) is 6.08 Å². The van der Waals surface area contributed by atoms with Crippen LogP contribution in [-0.4, -0.2) is 45.7 Å². The van der Waals surface area contributed by atoms with Gasteiger partial charge in [0.25, 0.3) is 0 Å². The van der Waals surface area contributed by atoms with Crippen molar-refractivity contribution in [3.05, 3.63) is 251 Å². The lowest BCUT2D eigenvalue weighted by atomic mass is 10.0. The molecule has 8 rings (SSSR count). The van der Waals surface area contributed by atoms with Crippen LogP contribution >= 0.6 is 0 Å². The number of nitrogens with two attached hydrogens (primary N) is 1. The molecule has 0 saturated heterocycles. The monoisotopic (exact) mass is 1210 g/mol. The van der Waals surface area contributed by atoms with Gasteiger partial charge < -0.3 is 30.5 Å². The SMILES string of the molecule is C=Cc1ccc(C(=O)Oc2cccc(OC(=O)c3ccc(C=Nc4ccc(CCCCCCCC)cc4)cc3)c2)cc1.CCCCCCCCc1ccc(N)cc1.CCCCCCCCc1ccc(N=Cc2ccc(C(=O)O)cc2)cc1.Oc1cccc(O)c1. The average molecular weight is 1210 g/mol. The third kappa shape index (κ3) is 29.6. The minimum Gasteiger partial charge on any atom is -0.508 e. The van der Waals surface area contributed by atoms with Crippen LogP contribution in [0, 0.1) is 0 Å². The number of carbonyl (C=O) groups excluding carboxylic acids is 2. The van der Waals surface area contributed by atoms with Gasteiger partial charge in [0, 0.05) is 30.2 Å². The topological polar surface area (TPSA) is 181 Å². The minimum atomic E-state index is -0.913. The van der Waals surface area contributed by atoms with Gasteiger partial charge in [-0.3, -0.25) is 9.98 Å². The first-order valence-electron chi connectivity index (χ1n) is 32.1. The third-order valence-electron chi connectivity index (χ3n) is 14.8. The van der Waals surface area contributed by atoms with E-state index >= 15 is 0 Å². The summed E-state index contributed by atoms with van der Waals surface area (Å²) in [5.74, 6) is -1.20. The summed E-state index contributed by atoms with van der Waals surface area (Å²) in [6.07, 6.45) is 32.6. The number of aromatic carboxylic acids is 1. The number of unbranched alkanes of at least 4 members (excludes halogenated alkanes) is 15. The summed E-state index contributed by atoms with van der Waals surface area (Å²) in [6, 6.07) is 57.9. The molecule has 8 aromatic rings. The Kier molecular flexibility index (Phi) is 33.7. The van der Waals surface area contributed by atoms with E-state index in [-0.39, 0.29) is 28.6 Å². The first-order valence-corrected chi connectivity index (χ1v) is 32.1. The lowest BCUT2D eigenvalue weighted by molar-refractivity contribution is 0.0691. The van der Waals surface area contributed by atoms with Crippen LogP contribution in [0.2, 0.25) is 0 Å². The van der Waals surface area contributed by atoms with Crippen molar-refractivity contribution in [1.82, 2.24) is 0 Å². The van der Waals surface area contributed by atoms with Crippen molar-refractivity contribution in [2.45, 2.75) is 156 Å². The standard InChI is InChI=1S/C37H37NO4.C22H27NO2.C14H23N.C6H6O2/c1-3-5-6-7-8-9-11-29-18-24-33(25-19-29)38-27-30-16-22-32(23-17-30)37(40)42-35-13-10-12-34(26-35)41-36(39)31-20-14-28(4-2)15-21-31;1-2-3-4-5-6-7-8-18-11-15-21(16-12-18)23-17-19-9-13-20(14-10-19)22(24)25;1-2-3-4-5-6-7-8-13-9-11-14(15)12-10-13;7-5-2-1-3-6(8)4-5/h4,10,12-27H,2-3,5-9,11H2,1H3;9-17H,2-8H2,1H3,(H,24,25);9-12H,2-8,15H2,1H3;1-4,7-8H. The van der Waals surface area contributed by atoms with Crippen LogP contribution in [0.5, 0.6) is 23.0 Å². The van der Waals surface area contributed by atoms with E-state index in [1.165, 1.54) is 163 Å². The molecule has 472 valence electrons. The van der Waals surface area contributed by atoms with E-state index in [2.05, 4.69) is 73.7 Å². The van der Waals surface area contributed by atoms with Crippen molar-refractivity contribution in [3.63, 3.8) is 0 Å². The molecule has 11 nitrogen and oxygen atoms in total. The number of nitrogens with zero attached hydrogens (tertiary/aromatic N) is 2. The quantitative estimate of drug-likeness (QED) is 0.0108. The van der Waals surface area contributed by atoms with Crippen molar-refractivity contribution in [2.75, 3.05) is 5.73 Å².